The molecule has 2 aromatic rings. The number of halogens is 1. The number of carbonyl (C=O) groups is 1. The molecule has 0 N–H and O–H groups in total. The van der Waals surface area contributed by atoms with Gasteiger partial charge in [-0.3, -0.25) is 14.4 Å². The number of nitrogens with zero attached hydrogens (tertiary/aromatic N) is 4. The minimum absolute atomic E-state index is 0.233. The van der Waals surface area contributed by atoms with E-state index in [-0.39, 0.29) is 12.5 Å². The van der Waals surface area contributed by atoms with Gasteiger partial charge in [-0.1, -0.05) is 23.4 Å². The van der Waals surface area contributed by atoms with Gasteiger partial charge in [0.2, 0.25) is 0 Å². The molecule has 1 aliphatic rings. The van der Waals surface area contributed by atoms with E-state index >= 15 is 0 Å². The molecule has 1 fully saturated rings. The predicted molar refractivity (Wildman–Crippen MR) is 98.7 cm³/mol. The van der Waals surface area contributed by atoms with Gasteiger partial charge in [-0.25, -0.2) is 0 Å². The number of rotatable bonds is 8. The maximum Gasteiger partial charge on any atom is 0.250 e. The second-order valence-electron chi connectivity index (χ2n) is 6.16. The van der Waals surface area contributed by atoms with Crippen LogP contribution in [-0.4, -0.2) is 35.1 Å². The Morgan fingerprint density at radius 1 is 1.38 bits per heavy atom. The maximum atomic E-state index is 12.5. The first kappa shape index (κ1) is 18.3. The van der Waals surface area contributed by atoms with Crippen LogP contribution in [-0.2, 0) is 17.9 Å². The quantitative estimate of drug-likeness (QED) is 0.662. The van der Waals surface area contributed by atoms with Crippen LogP contribution in [0.5, 0.6) is 11.5 Å². The van der Waals surface area contributed by atoms with E-state index in [4.69, 9.17) is 21.1 Å². The lowest BCUT2D eigenvalue weighted by Gasteiger charge is -2.23. The first-order chi connectivity index (χ1) is 12.5. The molecule has 7 nitrogen and oxygen atoms in total. The van der Waals surface area contributed by atoms with E-state index < -0.39 is 0 Å². The smallest absolute Gasteiger partial charge is 0.250 e. The van der Waals surface area contributed by atoms with E-state index in [9.17, 15) is 4.79 Å². The van der Waals surface area contributed by atoms with E-state index in [1.807, 2.05) is 10.9 Å². The number of benzene rings is 1. The van der Waals surface area contributed by atoms with Gasteiger partial charge in [0.1, 0.15) is 17.2 Å². The minimum atomic E-state index is -0.288. The van der Waals surface area contributed by atoms with Crippen LogP contribution < -0.4 is 14.4 Å². The molecule has 8 heteroatoms. The highest BCUT2D eigenvalue weighted by molar-refractivity contribution is 6.32. The molecular formula is C18H21ClN4O3. The first-order valence-corrected chi connectivity index (χ1v) is 8.68. The molecule has 1 saturated carbocycles. The van der Waals surface area contributed by atoms with E-state index in [1.54, 1.807) is 12.1 Å². The van der Waals surface area contributed by atoms with E-state index in [0.29, 0.717) is 33.8 Å². The number of aromatic nitrogens is 3. The van der Waals surface area contributed by atoms with Crippen molar-refractivity contribution in [3.63, 3.8) is 0 Å². The molecule has 1 heterocycles. The fraction of sp³-hybridized carbons (Fsp3) is 0.389. The fourth-order valence-electron chi connectivity index (χ4n) is 2.67. The molecule has 1 aliphatic carbocycles. The summed E-state index contributed by atoms with van der Waals surface area (Å²) in [4.78, 5) is 14.0. The van der Waals surface area contributed by atoms with Crippen molar-refractivity contribution in [1.29, 1.82) is 0 Å². The highest BCUT2D eigenvalue weighted by Crippen LogP contribution is 2.38. The minimum Gasteiger partial charge on any atom is -0.495 e. The van der Waals surface area contributed by atoms with Gasteiger partial charge >= 0.3 is 0 Å². The van der Waals surface area contributed by atoms with Gasteiger partial charge in [0.05, 0.1) is 37.7 Å². The van der Waals surface area contributed by atoms with Crippen LogP contribution in [0, 0.1) is 5.92 Å². The van der Waals surface area contributed by atoms with Crippen molar-refractivity contribution >= 4 is 23.2 Å². The monoisotopic (exact) mass is 376 g/mol. The molecule has 0 saturated heterocycles. The molecule has 1 amide bonds. The Morgan fingerprint density at radius 3 is 2.73 bits per heavy atom. The summed E-state index contributed by atoms with van der Waals surface area (Å²) >= 11 is 6.16. The SMILES string of the molecule is C=CC(=O)N(Cc1cn(CC2CC2)nn1)c1cc(OC)c(Cl)cc1OC. The zero-order valence-electron chi connectivity index (χ0n) is 14.8. The molecule has 0 radical (unpaired) electrons. The molecule has 1 aromatic carbocycles. The molecular weight excluding hydrogens is 356 g/mol. The Balaban J connectivity index is 1.91. The van der Waals surface area contributed by atoms with Gasteiger partial charge in [0.25, 0.3) is 5.91 Å². The molecule has 0 bridgehead atoms. The molecule has 0 spiro atoms. The standard InChI is InChI=1S/C18H21ClN4O3/c1-4-18(24)23(11-13-10-22(21-20-13)9-12-5-6-12)15-8-16(25-2)14(19)7-17(15)26-3/h4,7-8,10,12H,1,5-6,9,11H2,2-3H3. The Labute approximate surface area is 157 Å². The van der Waals surface area contributed by atoms with Crippen LogP contribution >= 0.6 is 11.6 Å². The van der Waals surface area contributed by atoms with Gasteiger partial charge < -0.3 is 9.47 Å². The van der Waals surface area contributed by atoms with Gasteiger partial charge in [-0.15, -0.1) is 5.10 Å². The summed E-state index contributed by atoms with van der Waals surface area (Å²) in [6, 6.07) is 3.28. The third kappa shape index (κ3) is 3.99. The average Bonchev–Trinajstić information content (AvgIpc) is 3.35. The lowest BCUT2D eigenvalue weighted by molar-refractivity contribution is -0.114. The Bertz CT molecular complexity index is 817. The topological polar surface area (TPSA) is 69.5 Å². The van der Waals surface area contributed by atoms with Gasteiger partial charge in [-0.2, -0.15) is 0 Å². The zero-order chi connectivity index (χ0) is 18.7. The molecule has 0 unspecified atom stereocenters. The summed E-state index contributed by atoms with van der Waals surface area (Å²) in [5.41, 5.74) is 1.20. The Kier molecular flexibility index (Phi) is 5.46. The van der Waals surface area contributed by atoms with Crippen LogP contribution in [0.4, 0.5) is 5.69 Å². The zero-order valence-corrected chi connectivity index (χ0v) is 15.6. The van der Waals surface area contributed by atoms with Crippen molar-refractivity contribution < 1.29 is 14.3 Å². The summed E-state index contributed by atoms with van der Waals surface area (Å²) in [7, 11) is 3.03. The van der Waals surface area contributed by atoms with Gasteiger partial charge in [0.15, 0.2) is 0 Å². The van der Waals surface area contributed by atoms with Crippen LogP contribution in [0.3, 0.4) is 0 Å². The van der Waals surface area contributed by atoms with Crippen molar-refractivity contribution in [2.75, 3.05) is 19.1 Å². The van der Waals surface area contributed by atoms with Crippen molar-refractivity contribution in [2.24, 2.45) is 5.92 Å². The number of hydrogen-bond donors (Lipinski definition) is 0. The molecule has 26 heavy (non-hydrogen) atoms. The Morgan fingerprint density at radius 2 is 2.12 bits per heavy atom. The number of carbonyl (C=O) groups excluding carboxylic acids is 1. The predicted octanol–water partition coefficient (Wildman–Crippen LogP) is 3.08. The normalized spacial score (nSPS) is 13.3. The summed E-state index contributed by atoms with van der Waals surface area (Å²) in [5, 5.41) is 8.72. The maximum absolute atomic E-state index is 12.5. The lowest BCUT2D eigenvalue weighted by atomic mass is 10.2. The van der Waals surface area contributed by atoms with Crippen molar-refractivity contribution in [3.8, 4) is 11.5 Å². The highest BCUT2D eigenvalue weighted by Gasteiger charge is 2.24. The second-order valence-corrected chi connectivity index (χ2v) is 6.57. The van der Waals surface area contributed by atoms with Crippen LogP contribution in [0.25, 0.3) is 0 Å². The highest BCUT2D eigenvalue weighted by atomic mass is 35.5. The number of ether oxygens (including phenoxy) is 2. The molecule has 138 valence electrons. The van der Waals surface area contributed by atoms with Crippen LogP contribution in [0.1, 0.15) is 18.5 Å². The molecule has 0 aliphatic heterocycles. The fourth-order valence-corrected chi connectivity index (χ4v) is 2.91. The number of methoxy groups -OCH3 is 2. The summed E-state index contributed by atoms with van der Waals surface area (Å²) in [5.74, 6) is 1.30. The average molecular weight is 377 g/mol. The summed E-state index contributed by atoms with van der Waals surface area (Å²) in [6.45, 7) is 4.68. The summed E-state index contributed by atoms with van der Waals surface area (Å²) in [6.07, 6.45) is 5.58. The van der Waals surface area contributed by atoms with Crippen LogP contribution in [0.15, 0.2) is 31.0 Å². The second kappa shape index (κ2) is 7.78. The molecule has 1 aromatic heterocycles. The van der Waals surface area contributed by atoms with Gasteiger partial charge in [0, 0.05) is 18.7 Å². The van der Waals surface area contributed by atoms with Crippen molar-refractivity contribution in [1.82, 2.24) is 15.0 Å². The third-order valence-corrected chi connectivity index (χ3v) is 4.53. The number of hydrogen-bond acceptors (Lipinski definition) is 5. The van der Waals surface area contributed by atoms with Crippen LogP contribution in [0.2, 0.25) is 5.02 Å². The van der Waals surface area contributed by atoms with Crippen molar-refractivity contribution in [2.45, 2.75) is 25.9 Å². The number of amides is 1. The molecule has 3 rings (SSSR count). The van der Waals surface area contributed by atoms with E-state index in [1.165, 1.54) is 38.0 Å². The first-order valence-electron chi connectivity index (χ1n) is 8.30. The largest absolute Gasteiger partial charge is 0.495 e. The summed E-state index contributed by atoms with van der Waals surface area (Å²) < 4.78 is 12.5. The van der Waals surface area contributed by atoms with Gasteiger partial charge in [-0.05, 0) is 24.8 Å². The Hall–Kier alpha value is -2.54. The lowest BCUT2D eigenvalue weighted by Crippen LogP contribution is -2.29. The molecule has 0 atom stereocenters. The number of anilines is 1. The van der Waals surface area contributed by atoms with Crippen molar-refractivity contribution in [3.05, 3.63) is 41.7 Å². The third-order valence-electron chi connectivity index (χ3n) is 4.23. The van der Waals surface area contributed by atoms with E-state index in [2.05, 4.69) is 16.9 Å². The van der Waals surface area contributed by atoms with E-state index in [0.717, 1.165) is 6.54 Å².